The minimum absolute atomic E-state index is 0.341. The van der Waals surface area contributed by atoms with Crippen LogP contribution in [0.25, 0.3) is 0 Å². The van der Waals surface area contributed by atoms with Crippen molar-refractivity contribution in [3.63, 3.8) is 0 Å². The van der Waals surface area contributed by atoms with Crippen molar-refractivity contribution < 1.29 is 14.1 Å². The number of aromatic nitrogens is 1. The van der Waals surface area contributed by atoms with Gasteiger partial charge in [-0.3, -0.25) is 0 Å². The predicted molar refractivity (Wildman–Crippen MR) is 122 cm³/mol. The number of thiazole rings is 1. The summed E-state index contributed by atoms with van der Waals surface area (Å²) in [6, 6.07) is 4.68. The number of rotatable bonds is 5. The van der Waals surface area contributed by atoms with Crippen LogP contribution < -0.4 is 9.62 Å². The van der Waals surface area contributed by atoms with Gasteiger partial charge in [-0.25, -0.2) is 23.6 Å². The summed E-state index contributed by atoms with van der Waals surface area (Å²) in [4.78, 5) is 18.0. The molecule has 0 saturated carbocycles. The number of benzene rings is 1. The van der Waals surface area contributed by atoms with Gasteiger partial charge in [-0.05, 0) is 59.2 Å². The zero-order valence-electron chi connectivity index (χ0n) is 17.1. The molecule has 1 unspecified atom stereocenters. The molecule has 1 amide bonds. The van der Waals surface area contributed by atoms with Crippen LogP contribution in [0.2, 0.25) is 10.0 Å². The van der Waals surface area contributed by atoms with E-state index in [-0.39, 0.29) is 0 Å². The first kappa shape index (κ1) is 24.1. The summed E-state index contributed by atoms with van der Waals surface area (Å²) in [6.45, 7) is 11.0. The lowest BCUT2D eigenvalue weighted by Gasteiger charge is -2.30. The Morgan fingerprint density at radius 3 is 2.31 bits per heavy atom. The Morgan fingerprint density at radius 1 is 1.21 bits per heavy atom. The smallest absolute Gasteiger partial charge is 0.414 e. The molecule has 2 atom stereocenters. The predicted octanol–water partition coefficient (Wildman–Crippen LogP) is 5.87. The van der Waals surface area contributed by atoms with Crippen molar-refractivity contribution in [2.75, 3.05) is 4.90 Å². The van der Waals surface area contributed by atoms with Gasteiger partial charge in [0.1, 0.15) is 0 Å². The largest absolute Gasteiger partial charge is 0.465 e. The highest BCUT2D eigenvalue weighted by Crippen LogP contribution is 2.36. The lowest BCUT2D eigenvalue weighted by Crippen LogP contribution is -2.45. The van der Waals surface area contributed by atoms with E-state index in [2.05, 4.69) is 9.71 Å². The molecule has 0 aliphatic carbocycles. The van der Waals surface area contributed by atoms with E-state index in [1.165, 1.54) is 16.2 Å². The molecule has 0 aliphatic rings. The van der Waals surface area contributed by atoms with E-state index < -0.39 is 33.4 Å². The van der Waals surface area contributed by atoms with Crippen molar-refractivity contribution in [2.24, 2.45) is 0 Å². The highest BCUT2D eigenvalue weighted by molar-refractivity contribution is 7.84. The van der Waals surface area contributed by atoms with Crippen LogP contribution in [0.1, 0.15) is 58.0 Å². The van der Waals surface area contributed by atoms with Gasteiger partial charge in [0.05, 0.1) is 31.8 Å². The molecule has 0 bridgehead atoms. The average molecular weight is 478 g/mol. The summed E-state index contributed by atoms with van der Waals surface area (Å²) in [5.41, 5.74) is 0.0895. The van der Waals surface area contributed by atoms with Crippen LogP contribution in [0.3, 0.4) is 0 Å². The third kappa shape index (κ3) is 5.92. The monoisotopic (exact) mass is 477 g/mol. The molecule has 6 nitrogen and oxygen atoms in total. The molecule has 10 heteroatoms. The Morgan fingerprint density at radius 2 is 1.83 bits per heavy atom. The minimum atomic E-state index is -1.38. The van der Waals surface area contributed by atoms with Crippen molar-refractivity contribution >= 4 is 56.7 Å². The molecule has 0 saturated heterocycles. The number of hydrogen-bond donors (Lipinski definition) is 2. The zero-order chi connectivity index (χ0) is 22.1. The van der Waals surface area contributed by atoms with Crippen LogP contribution in [-0.4, -0.2) is 30.7 Å². The summed E-state index contributed by atoms with van der Waals surface area (Å²) in [6.07, 6.45) is 0.512. The molecule has 0 spiro atoms. The van der Waals surface area contributed by atoms with Gasteiger partial charge in [0.2, 0.25) is 0 Å². The van der Waals surface area contributed by atoms with Gasteiger partial charge in [-0.2, -0.15) is 0 Å². The standard InChI is InChI=1S/C19H25Cl2N3O3S2/c1-18(2,3)24(17(25)26)16-22-10-14(28-16)15(23-29(27)19(4,5)6)11-7-8-12(20)13(21)9-11/h7-10,15,23H,1-6H3,(H,25,26)/t15-,29?/m1/s1. The first-order chi connectivity index (χ1) is 13.2. The number of anilines is 1. The van der Waals surface area contributed by atoms with Crippen LogP contribution in [0.4, 0.5) is 9.93 Å². The van der Waals surface area contributed by atoms with Crippen LogP contribution in [-0.2, 0) is 11.0 Å². The molecular formula is C19H25Cl2N3O3S2. The Balaban J connectivity index is 2.52. The Labute approximate surface area is 187 Å². The molecule has 0 fully saturated rings. The third-order valence-corrected chi connectivity index (χ3v) is 7.26. The van der Waals surface area contributed by atoms with Gasteiger partial charge in [0.15, 0.2) is 5.13 Å². The SMILES string of the molecule is CC(C)(C)N(C(=O)O)c1ncc([C@H](NS(=O)C(C)(C)C)c2ccc(Cl)c(Cl)c2)s1. The third-order valence-electron chi connectivity index (χ3n) is 3.91. The van der Waals surface area contributed by atoms with Gasteiger partial charge in [-0.1, -0.05) is 40.6 Å². The topological polar surface area (TPSA) is 82.5 Å². The molecule has 2 aromatic rings. The van der Waals surface area contributed by atoms with E-state index >= 15 is 0 Å². The Kier molecular flexibility index (Phi) is 7.39. The average Bonchev–Trinajstić information content (AvgIpc) is 3.01. The summed E-state index contributed by atoms with van der Waals surface area (Å²) >= 11 is 13.5. The second-order valence-electron chi connectivity index (χ2n) is 8.44. The van der Waals surface area contributed by atoms with Crippen molar-refractivity contribution in [3.8, 4) is 0 Å². The fourth-order valence-electron chi connectivity index (χ4n) is 2.44. The molecule has 2 rings (SSSR count). The Bertz CT molecular complexity index is 920. The van der Waals surface area contributed by atoms with E-state index in [1.54, 1.807) is 45.2 Å². The normalized spacial score (nSPS) is 14.5. The number of carbonyl (C=O) groups is 1. The molecular weight excluding hydrogens is 453 g/mol. The first-order valence-corrected chi connectivity index (χ1v) is 11.6. The van der Waals surface area contributed by atoms with E-state index in [0.717, 1.165) is 5.56 Å². The number of hydrogen-bond acceptors (Lipinski definition) is 4. The van der Waals surface area contributed by atoms with E-state index in [1.807, 2.05) is 20.8 Å². The second kappa shape index (κ2) is 8.89. The zero-order valence-corrected chi connectivity index (χ0v) is 20.3. The van der Waals surface area contributed by atoms with Crippen LogP contribution in [0.15, 0.2) is 24.4 Å². The minimum Gasteiger partial charge on any atom is -0.465 e. The summed E-state index contributed by atoms with van der Waals surface area (Å²) in [5, 5.41) is 10.8. The van der Waals surface area contributed by atoms with Crippen molar-refractivity contribution in [1.29, 1.82) is 0 Å². The van der Waals surface area contributed by atoms with Crippen molar-refractivity contribution in [2.45, 2.75) is 57.9 Å². The van der Waals surface area contributed by atoms with Gasteiger partial charge < -0.3 is 5.11 Å². The number of amides is 1. The highest BCUT2D eigenvalue weighted by Gasteiger charge is 2.32. The van der Waals surface area contributed by atoms with Gasteiger partial charge in [0, 0.05) is 16.6 Å². The van der Waals surface area contributed by atoms with E-state index in [0.29, 0.717) is 20.1 Å². The summed E-state index contributed by atoms with van der Waals surface area (Å²) < 4.78 is 15.4. The van der Waals surface area contributed by atoms with Crippen LogP contribution in [0.5, 0.6) is 0 Å². The maximum absolute atomic E-state index is 12.8. The fraction of sp³-hybridized carbons (Fsp3) is 0.474. The highest BCUT2D eigenvalue weighted by atomic mass is 35.5. The van der Waals surface area contributed by atoms with Crippen LogP contribution in [0, 0.1) is 0 Å². The summed E-state index contributed by atoms with van der Waals surface area (Å²) in [5.74, 6) is 0. The molecule has 1 aromatic carbocycles. The maximum atomic E-state index is 12.8. The first-order valence-electron chi connectivity index (χ1n) is 8.83. The van der Waals surface area contributed by atoms with Gasteiger partial charge >= 0.3 is 6.09 Å². The van der Waals surface area contributed by atoms with Gasteiger partial charge in [0.25, 0.3) is 0 Å². The molecule has 1 heterocycles. The number of halogens is 2. The molecule has 160 valence electrons. The number of carboxylic acid groups (broad SMARTS) is 1. The van der Waals surface area contributed by atoms with Gasteiger partial charge in [-0.15, -0.1) is 0 Å². The Hall–Kier alpha value is -1.19. The van der Waals surface area contributed by atoms with Crippen molar-refractivity contribution in [1.82, 2.24) is 9.71 Å². The number of nitrogens with one attached hydrogen (secondary N) is 1. The summed E-state index contributed by atoms with van der Waals surface area (Å²) in [7, 11) is -1.38. The van der Waals surface area contributed by atoms with Crippen molar-refractivity contribution in [3.05, 3.63) is 44.9 Å². The van der Waals surface area contributed by atoms with Crippen LogP contribution >= 0.6 is 34.5 Å². The molecule has 2 N–H and O–H groups in total. The molecule has 29 heavy (non-hydrogen) atoms. The second-order valence-corrected chi connectivity index (χ2v) is 12.3. The molecule has 1 aromatic heterocycles. The molecule has 0 radical (unpaired) electrons. The maximum Gasteiger partial charge on any atom is 0.414 e. The van der Waals surface area contributed by atoms with E-state index in [9.17, 15) is 14.1 Å². The lowest BCUT2D eigenvalue weighted by atomic mass is 10.1. The number of nitrogens with zero attached hydrogens (tertiary/aromatic N) is 2. The fourth-order valence-corrected chi connectivity index (χ4v) is 4.83. The van der Waals surface area contributed by atoms with E-state index in [4.69, 9.17) is 23.2 Å². The quantitative estimate of drug-likeness (QED) is 0.563. The molecule has 0 aliphatic heterocycles. The lowest BCUT2D eigenvalue weighted by molar-refractivity contribution is 0.195.